The Morgan fingerprint density at radius 3 is 2.83 bits per heavy atom. The first-order valence-electron chi connectivity index (χ1n) is 9.88. The summed E-state index contributed by atoms with van der Waals surface area (Å²) in [6, 6.07) is 10.5. The Balaban J connectivity index is 1.63. The molecule has 0 radical (unpaired) electrons. The van der Waals surface area contributed by atoms with Crippen molar-refractivity contribution in [1.29, 1.82) is 0 Å². The summed E-state index contributed by atoms with van der Waals surface area (Å²) in [5, 5.41) is 8.64. The van der Waals surface area contributed by atoms with Gasteiger partial charge in [0.1, 0.15) is 5.82 Å². The largest absolute Gasteiger partial charge is 0.351 e. The Morgan fingerprint density at radius 1 is 1.24 bits per heavy atom. The van der Waals surface area contributed by atoms with Gasteiger partial charge < -0.3 is 9.80 Å². The summed E-state index contributed by atoms with van der Waals surface area (Å²) < 4.78 is 0. The third-order valence-electron chi connectivity index (χ3n) is 5.28. The van der Waals surface area contributed by atoms with Crippen LogP contribution in [-0.2, 0) is 13.0 Å². The first-order chi connectivity index (χ1) is 14.2. The van der Waals surface area contributed by atoms with E-state index in [0.717, 1.165) is 60.6 Å². The Hall–Kier alpha value is -3.41. The topological polar surface area (TPSA) is 60.9 Å². The van der Waals surface area contributed by atoms with Gasteiger partial charge >= 0.3 is 0 Å². The van der Waals surface area contributed by atoms with Crippen LogP contribution in [0.15, 0.2) is 67.3 Å². The zero-order valence-corrected chi connectivity index (χ0v) is 16.8. The van der Waals surface area contributed by atoms with Crippen LogP contribution in [0, 0.1) is 0 Å². The van der Waals surface area contributed by atoms with E-state index in [0.29, 0.717) is 5.95 Å². The van der Waals surface area contributed by atoms with Crippen LogP contribution in [0.2, 0.25) is 0 Å². The molecule has 148 valence electrons. The zero-order valence-electron chi connectivity index (χ0n) is 16.8. The number of hydrogen-bond acceptors (Lipinski definition) is 5. The maximum Gasteiger partial charge on any atom is 0.229 e. The fourth-order valence-corrected chi connectivity index (χ4v) is 3.65. The minimum atomic E-state index is 0.688. The Morgan fingerprint density at radius 2 is 2.07 bits per heavy atom. The maximum atomic E-state index is 4.95. The predicted octanol–water partition coefficient (Wildman–Crippen LogP) is 4.04. The van der Waals surface area contributed by atoms with Gasteiger partial charge in [-0.25, -0.2) is 0 Å². The summed E-state index contributed by atoms with van der Waals surface area (Å²) in [6.45, 7) is 10.1. The highest BCUT2D eigenvalue weighted by molar-refractivity contribution is 5.91. The van der Waals surface area contributed by atoms with Crippen molar-refractivity contribution in [2.45, 2.75) is 19.4 Å². The molecule has 6 nitrogen and oxygen atoms in total. The van der Waals surface area contributed by atoms with Gasteiger partial charge in [0.25, 0.3) is 0 Å². The van der Waals surface area contributed by atoms with E-state index in [1.54, 1.807) is 6.08 Å². The lowest BCUT2D eigenvalue weighted by Gasteiger charge is -2.29. The molecule has 1 N–H and O–H groups in total. The molecular formula is C23H26N6. The molecule has 0 aliphatic carbocycles. The lowest BCUT2D eigenvalue weighted by Crippen LogP contribution is -2.30. The molecule has 0 unspecified atom stereocenters. The van der Waals surface area contributed by atoms with Gasteiger partial charge in [0.2, 0.25) is 5.95 Å². The molecule has 0 amide bonds. The number of nitrogens with one attached hydrogen (secondary N) is 1. The van der Waals surface area contributed by atoms with E-state index >= 15 is 0 Å². The number of rotatable bonds is 8. The number of nitrogens with zero attached hydrogens (tertiary/aromatic N) is 5. The fourth-order valence-electron chi connectivity index (χ4n) is 3.65. The number of allylic oxidation sites excluding steroid dienone is 3. The highest BCUT2D eigenvalue weighted by Gasteiger charge is 2.25. The van der Waals surface area contributed by atoms with Gasteiger partial charge in [-0.1, -0.05) is 61.7 Å². The zero-order chi connectivity index (χ0) is 20.2. The van der Waals surface area contributed by atoms with Crippen molar-refractivity contribution in [3.63, 3.8) is 0 Å². The third-order valence-corrected chi connectivity index (χ3v) is 5.28. The van der Waals surface area contributed by atoms with Gasteiger partial charge in [-0.15, -0.1) is 0 Å². The summed E-state index contributed by atoms with van der Waals surface area (Å²) in [4.78, 5) is 14.1. The van der Waals surface area contributed by atoms with Crippen LogP contribution in [0.25, 0.3) is 11.0 Å². The average Bonchev–Trinajstić information content (AvgIpc) is 3.17. The minimum Gasteiger partial charge on any atom is -0.351 e. The molecule has 2 aromatic heterocycles. The van der Waals surface area contributed by atoms with Gasteiger partial charge in [0.05, 0.1) is 11.1 Å². The van der Waals surface area contributed by atoms with Crippen LogP contribution < -0.4 is 9.80 Å². The molecule has 0 saturated heterocycles. The first-order valence-corrected chi connectivity index (χ1v) is 9.88. The molecule has 0 saturated carbocycles. The Kier molecular flexibility index (Phi) is 5.42. The molecule has 6 heteroatoms. The van der Waals surface area contributed by atoms with Crippen LogP contribution in [0.1, 0.15) is 17.7 Å². The van der Waals surface area contributed by atoms with Gasteiger partial charge in [-0.05, 0) is 17.6 Å². The number of H-pyrrole nitrogens is 1. The normalized spacial score (nSPS) is 13.6. The molecule has 3 heterocycles. The summed E-state index contributed by atoms with van der Waals surface area (Å²) in [6.07, 6.45) is 7.41. The van der Waals surface area contributed by atoms with Gasteiger partial charge in [0, 0.05) is 33.1 Å². The smallest absolute Gasteiger partial charge is 0.229 e. The Bertz CT molecular complexity index is 1050. The van der Waals surface area contributed by atoms with Crippen molar-refractivity contribution in [3.05, 3.63) is 78.5 Å². The molecule has 1 aliphatic rings. The van der Waals surface area contributed by atoms with Crippen LogP contribution in [0.3, 0.4) is 0 Å². The summed E-state index contributed by atoms with van der Waals surface area (Å²) in [5.74, 6) is 1.65. The molecule has 1 aliphatic heterocycles. The van der Waals surface area contributed by atoms with Crippen LogP contribution in [-0.4, -0.2) is 40.3 Å². The van der Waals surface area contributed by atoms with Crippen molar-refractivity contribution in [2.75, 3.05) is 29.9 Å². The molecular weight excluding hydrogens is 360 g/mol. The number of aromatic nitrogens is 4. The molecule has 3 aromatic rings. The molecule has 1 aromatic carbocycles. The molecule has 0 bridgehead atoms. The number of aromatic amines is 1. The maximum absolute atomic E-state index is 4.95. The van der Waals surface area contributed by atoms with E-state index in [1.807, 2.05) is 25.3 Å². The van der Waals surface area contributed by atoms with Crippen molar-refractivity contribution >= 4 is 22.8 Å². The van der Waals surface area contributed by atoms with Crippen molar-refractivity contribution in [1.82, 2.24) is 20.2 Å². The number of benzene rings is 1. The molecule has 0 spiro atoms. The van der Waals surface area contributed by atoms with Crippen molar-refractivity contribution in [2.24, 2.45) is 0 Å². The lowest BCUT2D eigenvalue weighted by atomic mass is 10.1. The van der Waals surface area contributed by atoms with Crippen LogP contribution >= 0.6 is 0 Å². The molecule has 0 fully saturated rings. The van der Waals surface area contributed by atoms with E-state index in [4.69, 9.17) is 9.97 Å². The molecule has 4 rings (SSSR count). The van der Waals surface area contributed by atoms with Gasteiger partial charge in [0.15, 0.2) is 5.65 Å². The highest BCUT2D eigenvalue weighted by Crippen LogP contribution is 2.32. The highest BCUT2D eigenvalue weighted by atomic mass is 15.3. The number of anilines is 2. The van der Waals surface area contributed by atoms with E-state index in [-0.39, 0.29) is 0 Å². The Labute approximate surface area is 171 Å². The SMILES string of the molecule is C=C/C=C(\C=C)CCN(C)c1nc2c3c([nH]nc3n1)CCN2Cc1ccccc1. The van der Waals surface area contributed by atoms with E-state index in [9.17, 15) is 0 Å². The molecule has 29 heavy (non-hydrogen) atoms. The van der Waals surface area contributed by atoms with Crippen LogP contribution in [0.5, 0.6) is 0 Å². The second-order valence-electron chi connectivity index (χ2n) is 7.26. The predicted molar refractivity (Wildman–Crippen MR) is 119 cm³/mol. The first kappa shape index (κ1) is 18.9. The average molecular weight is 387 g/mol. The monoisotopic (exact) mass is 386 g/mol. The lowest BCUT2D eigenvalue weighted by molar-refractivity contribution is 0.743. The summed E-state index contributed by atoms with van der Waals surface area (Å²) in [7, 11) is 2.01. The van der Waals surface area contributed by atoms with Crippen LogP contribution in [0.4, 0.5) is 11.8 Å². The van der Waals surface area contributed by atoms with E-state index < -0.39 is 0 Å². The number of hydrogen-bond donors (Lipinski definition) is 1. The third kappa shape index (κ3) is 3.92. The van der Waals surface area contributed by atoms with E-state index in [2.05, 4.69) is 57.4 Å². The van der Waals surface area contributed by atoms with Gasteiger partial charge in [-0.3, -0.25) is 5.10 Å². The second-order valence-corrected chi connectivity index (χ2v) is 7.26. The standard InChI is InChI=1S/C23H26N6/c1-4-9-17(5-2)12-14-28(3)23-24-21-20-19(26-27-21)13-15-29(22(20)25-23)16-18-10-7-6-8-11-18/h4-11H,1-2,12-16H2,3H3,(H,24,25,26,27)/b17-9+. The molecule has 0 atom stereocenters. The van der Waals surface area contributed by atoms with Crippen molar-refractivity contribution in [3.8, 4) is 0 Å². The van der Waals surface area contributed by atoms with Gasteiger partial charge in [-0.2, -0.15) is 15.1 Å². The fraction of sp³-hybridized carbons (Fsp3) is 0.261. The quantitative estimate of drug-likeness (QED) is 0.592. The summed E-state index contributed by atoms with van der Waals surface area (Å²) in [5.41, 5.74) is 4.26. The minimum absolute atomic E-state index is 0.688. The van der Waals surface area contributed by atoms with E-state index in [1.165, 1.54) is 5.56 Å². The summed E-state index contributed by atoms with van der Waals surface area (Å²) >= 11 is 0. The second kappa shape index (κ2) is 8.31. The van der Waals surface area contributed by atoms with Crippen molar-refractivity contribution < 1.29 is 0 Å².